The van der Waals surface area contributed by atoms with Crippen LogP contribution in [0.5, 0.6) is 5.88 Å². The zero-order chi connectivity index (χ0) is 34.1. The van der Waals surface area contributed by atoms with Gasteiger partial charge in [0.2, 0.25) is 5.88 Å². The van der Waals surface area contributed by atoms with Gasteiger partial charge in [0.1, 0.15) is 5.69 Å². The van der Waals surface area contributed by atoms with Crippen LogP contribution < -0.4 is 20.7 Å². The second-order valence-electron chi connectivity index (χ2n) is 13.3. The fraction of sp³-hybridized carbons (Fsp3) is 0.308. The molecule has 1 aromatic heterocycles. The van der Waals surface area contributed by atoms with Crippen molar-refractivity contribution in [1.82, 2.24) is 30.8 Å². The molecule has 3 N–H and O–H groups in total. The van der Waals surface area contributed by atoms with Gasteiger partial charge in [-0.3, -0.25) is 9.88 Å². The predicted molar refractivity (Wildman–Crippen MR) is 196 cm³/mol. The fourth-order valence-corrected chi connectivity index (χ4v) is 7.95. The standard InChI is InChI=1S/C39H39Cl2N7O/c1-24-10-13-29(45-24)18-43-19-35-38(49-3)46-34(20-44-35)33-9-5-8-32(37(33)41)31-7-4-6-30(36(31)40)26-11-12-27(28(16-26)17-42)21-48-22-39(23-48)15-14-25(2)47-39/h4-9,11-12,16,20,29,43,45,47H,1-2,10,13-15,18-19,21-23H2,3H3/t29-/m0/s1. The van der Waals surface area contributed by atoms with Crippen LogP contribution in [0.1, 0.15) is 42.5 Å². The van der Waals surface area contributed by atoms with E-state index < -0.39 is 0 Å². The molecule has 0 bridgehead atoms. The van der Waals surface area contributed by atoms with Gasteiger partial charge >= 0.3 is 0 Å². The lowest BCUT2D eigenvalue weighted by Gasteiger charge is -2.48. The lowest BCUT2D eigenvalue weighted by molar-refractivity contribution is 0.0508. The number of allylic oxidation sites excluding steroid dienone is 2. The van der Waals surface area contributed by atoms with E-state index in [2.05, 4.69) is 45.1 Å². The number of hydrogen-bond donors (Lipinski definition) is 3. The van der Waals surface area contributed by atoms with Crippen LogP contribution in [0.25, 0.3) is 33.5 Å². The number of methoxy groups -OCH3 is 1. The smallest absolute Gasteiger partial charge is 0.237 e. The Morgan fingerprint density at radius 3 is 2.43 bits per heavy atom. The molecule has 49 heavy (non-hydrogen) atoms. The molecule has 0 saturated carbocycles. The average molecular weight is 693 g/mol. The van der Waals surface area contributed by atoms with Crippen molar-refractivity contribution in [3.05, 3.63) is 112 Å². The predicted octanol–water partition coefficient (Wildman–Crippen LogP) is 7.47. The highest BCUT2D eigenvalue weighted by Gasteiger charge is 2.45. The topological polar surface area (TPSA) is 98.1 Å². The van der Waals surface area contributed by atoms with Crippen LogP contribution in [0.2, 0.25) is 10.0 Å². The number of nitrogens with zero attached hydrogens (tertiary/aromatic N) is 4. The van der Waals surface area contributed by atoms with Gasteiger partial charge in [-0.1, -0.05) is 84.9 Å². The first kappa shape index (κ1) is 33.1. The van der Waals surface area contributed by atoms with Crippen LogP contribution in [0, 0.1) is 11.3 Å². The van der Waals surface area contributed by atoms with Gasteiger partial charge in [0.15, 0.2) is 0 Å². The van der Waals surface area contributed by atoms with Crippen LogP contribution >= 0.6 is 23.2 Å². The molecule has 250 valence electrons. The van der Waals surface area contributed by atoms with E-state index in [1.807, 2.05) is 54.6 Å². The van der Waals surface area contributed by atoms with Crippen LogP contribution in [0.3, 0.4) is 0 Å². The van der Waals surface area contributed by atoms with E-state index in [1.165, 1.54) is 0 Å². The van der Waals surface area contributed by atoms with Crippen molar-refractivity contribution in [2.45, 2.75) is 50.4 Å². The van der Waals surface area contributed by atoms with E-state index in [1.54, 1.807) is 13.3 Å². The number of halogens is 2. The third-order valence-electron chi connectivity index (χ3n) is 9.79. The normalized spacial score (nSPS) is 18.2. The molecule has 0 radical (unpaired) electrons. The van der Waals surface area contributed by atoms with Crippen molar-refractivity contribution in [3.63, 3.8) is 0 Å². The second-order valence-corrected chi connectivity index (χ2v) is 14.1. The van der Waals surface area contributed by atoms with Crippen molar-refractivity contribution in [2.24, 2.45) is 0 Å². The number of hydrogen-bond acceptors (Lipinski definition) is 8. The second kappa shape index (κ2) is 13.9. The van der Waals surface area contributed by atoms with Crippen LogP contribution in [0.4, 0.5) is 0 Å². The number of nitriles is 1. The Balaban J connectivity index is 1.10. The summed E-state index contributed by atoms with van der Waals surface area (Å²) in [7, 11) is 1.60. The molecule has 3 aliphatic heterocycles. The molecular weight excluding hydrogens is 653 g/mol. The Bertz CT molecular complexity index is 1980. The van der Waals surface area contributed by atoms with Gasteiger partial charge in [-0.2, -0.15) is 5.26 Å². The minimum Gasteiger partial charge on any atom is -0.480 e. The molecule has 0 amide bonds. The van der Waals surface area contributed by atoms with Gasteiger partial charge in [-0.15, -0.1) is 0 Å². The molecule has 3 saturated heterocycles. The number of benzene rings is 3. The van der Waals surface area contributed by atoms with Gasteiger partial charge in [0.05, 0.1) is 46.2 Å². The van der Waals surface area contributed by atoms with E-state index >= 15 is 0 Å². The SMILES string of the molecule is C=C1CC[C@@H](CNCc2ncc(-c3cccc(-c4cccc(-c5ccc(CN6CC7(CCC(=C)N7)C6)c(C#N)c5)c4Cl)c3Cl)nc2OC)N1. The molecule has 0 aliphatic carbocycles. The molecular formula is C39H39Cl2N7O. The van der Waals surface area contributed by atoms with Crippen LogP contribution in [-0.4, -0.2) is 53.2 Å². The summed E-state index contributed by atoms with van der Waals surface area (Å²) in [4.78, 5) is 11.8. The van der Waals surface area contributed by atoms with Gasteiger partial charge in [-0.05, 0) is 42.9 Å². The Hall–Kier alpha value is -4.39. The minimum absolute atomic E-state index is 0.152. The number of aromatic nitrogens is 2. The molecule has 7 rings (SSSR count). The average Bonchev–Trinajstić information content (AvgIpc) is 3.70. The minimum atomic E-state index is 0.152. The summed E-state index contributed by atoms with van der Waals surface area (Å²) in [5.74, 6) is 0.446. The summed E-state index contributed by atoms with van der Waals surface area (Å²) >= 11 is 14.2. The summed E-state index contributed by atoms with van der Waals surface area (Å²) in [5.41, 5.74) is 9.33. The monoisotopic (exact) mass is 691 g/mol. The summed E-state index contributed by atoms with van der Waals surface area (Å²) in [6.45, 7) is 12.1. The number of rotatable bonds is 10. The first-order valence-electron chi connectivity index (χ1n) is 16.6. The Labute approximate surface area is 297 Å². The van der Waals surface area contributed by atoms with Gasteiger partial charge in [0.25, 0.3) is 0 Å². The third kappa shape index (κ3) is 6.77. The zero-order valence-corrected chi connectivity index (χ0v) is 29.1. The molecule has 4 heterocycles. The molecule has 8 nitrogen and oxygen atoms in total. The van der Waals surface area contributed by atoms with E-state index in [0.29, 0.717) is 39.8 Å². The van der Waals surface area contributed by atoms with Gasteiger partial charge in [-0.25, -0.2) is 4.98 Å². The van der Waals surface area contributed by atoms with E-state index in [-0.39, 0.29) is 5.54 Å². The molecule has 1 spiro atoms. The third-order valence-corrected chi connectivity index (χ3v) is 10.6. The molecule has 4 aromatic rings. The molecule has 3 aliphatic rings. The maximum atomic E-state index is 10.1. The molecule has 0 unspecified atom stereocenters. The molecule has 3 fully saturated rings. The highest BCUT2D eigenvalue weighted by Crippen LogP contribution is 2.43. The maximum absolute atomic E-state index is 10.1. The first-order chi connectivity index (χ1) is 23.8. The highest BCUT2D eigenvalue weighted by molar-refractivity contribution is 6.39. The van der Waals surface area contributed by atoms with Crippen LogP contribution in [-0.2, 0) is 13.1 Å². The Kier molecular flexibility index (Phi) is 9.36. The summed E-state index contributed by atoms with van der Waals surface area (Å²) in [6.07, 6.45) is 5.95. The van der Waals surface area contributed by atoms with Crippen molar-refractivity contribution >= 4 is 23.2 Å². The number of ether oxygens (including phenoxy) is 1. The van der Waals surface area contributed by atoms with E-state index in [4.69, 9.17) is 32.9 Å². The molecule has 1 atom stereocenters. The zero-order valence-electron chi connectivity index (χ0n) is 27.6. The molecule has 3 aromatic carbocycles. The summed E-state index contributed by atoms with van der Waals surface area (Å²) < 4.78 is 5.63. The van der Waals surface area contributed by atoms with Crippen molar-refractivity contribution in [3.8, 4) is 45.5 Å². The maximum Gasteiger partial charge on any atom is 0.237 e. The lowest BCUT2D eigenvalue weighted by Crippen LogP contribution is -2.65. The van der Waals surface area contributed by atoms with Gasteiger partial charge < -0.3 is 20.7 Å². The first-order valence-corrected chi connectivity index (χ1v) is 17.4. The van der Waals surface area contributed by atoms with Crippen molar-refractivity contribution in [2.75, 3.05) is 26.7 Å². The fourth-order valence-electron chi connectivity index (χ4n) is 7.29. The highest BCUT2D eigenvalue weighted by atomic mass is 35.5. The number of likely N-dealkylation sites (tertiary alicyclic amines) is 1. The summed E-state index contributed by atoms with van der Waals surface area (Å²) in [5, 5.41) is 21.6. The summed E-state index contributed by atoms with van der Waals surface area (Å²) in [6, 6.07) is 20.5. The Morgan fingerprint density at radius 2 is 1.76 bits per heavy atom. The largest absolute Gasteiger partial charge is 0.480 e. The van der Waals surface area contributed by atoms with Crippen molar-refractivity contribution in [1.29, 1.82) is 5.26 Å². The van der Waals surface area contributed by atoms with Gasteiger partial charge in [0, 0.05) is 72.4 Å². The lowest BCUT2D eigenvalue weighted by atomic mass is 9.87. The van der Waals surface area contributed by atoms with Crippen molar-refractivity contribution < 1.29 is 4.74 Å². The van der Waals surface area contributed by atoms with Crippen LogP contribution in [0.15, 0.2) is 85.3 Å². The number of nitrogens with one attached hydrogen (secondary N) is 3. The Morgan fingerprint density at radius 1 is 1.02 bits per heavy atom. The quantitative estimate of drug-likeness (QED) is 0.158. The van der Waals surface area contributed by atoms with E-state index in [0.717, 1.165) is 102 Å². The molecule has 10 heteroatoms. The van der Waals surface area contributed by atoms with E-state index in [9.17, 15) is 5.26 Å².